The number of hydrogen-bond donors (Lipinski definition) is 1. The predicted molar refractivity (Wildman–Crippen MR) is 89.6 cm³/mol. The standard InChI is InChI=1S/C17H30N4/c1-13(2)9-18-10-15-7-6-8-19-17(15)21-11-14(3)16(12-21)20(4)5/h6-8,13-14,16,18H,9-12H2,1-5H3. The maximum Gasteiger partial charge on any atom is 0.133 e. The van der Waals surface area contributed by atoms with E-state index in [1.807, 2.05) is 12.3 Å². The van der Waals surface area contributed by atoms with Crippen molar-refractivity contribution < 1.29 is 0 Å². The molecule has 1 N–H and O–H groups in total. The van der Waals surface area contributed by atoms with Crippen LogP contribution in [-0.2, 0) is 6.54 Å². The number of rotatable bonds is 6. The summed E-state index contributed by atoms with van der Waals surface area (Å²) >= 11 is 0. The fourth-order valence-electron chi connectivity index (χ4n) is 3.14. The molecule has 1 aromatic rings. The summed E-state index contributed by atoms with van der Waals surface area (Å²) in [5, 5.41) is 3.53. The fourth-order valence-corrected chi connectivity index (χ4v) is 3.14. The van der Waals surface area contributed by atoms with Crippen LogP contribution in [0.2, 0.25) is 0 Å². The Labute approximate surface area is 129 Å². The van der Waals surface area contributed by atoms with Crippen LogP contribution < -0.4 is 10.2 Å². The zero-order valence-corrected chi connectivity index (χ0v) is 14.1. The van der Waals surface area contributed by atoms with E-state index in [2.05, 4.69) is 61.0 Å². The van der Waals surface area contributed by atoms with Gasteiger partial charge in [-0.2, -0.15) is 0 Å². The number of nitrogens with one attached hydrogen (secondary N) is 1. The van der Waals surface area contributed by atoms with Crippen molar-refractivity contribution in [2.24, 2.45) is 11.8 Å². The molecule has 4 heteroatoms. The summed E-state index contributed by atoms with van der Waals surface area (Å²) in [6.07, 6.45) is 1.91. The predicted octanol–water partition coefficient (Wildman–Crippen LogP) is 2.21. The Hall–Kier alpha value is -1.13. The Balaban J connectivity index is 2.06. The number of likely N-dealkylation sites (N-methyl/N-ethyl adjacent to an activating group) is 1. The van der Waals surface area contributed by atoms with Gasteiger partial charge in [-0.15, -0.1) is 0 Å². The van der Waals surface area contributed by atoms with Crippen LogP contribution in [0.5, 0.6) is 0 Å². The Morgan fingerprint density at radius 2 is 2.14 bits per heavy atom. The number of hydrogen-bond acceptors (Lipinski definition) is 4. The summed E-state index contributed by atoms with van der Waals surface area (Å²) in [5.41, 5.74) is 1.31. The molecule has 0 amide bonds. The second-order valence-corrected chi connectivity index (χ2v) is 6.92. The van der Waals surface area contributed by atoms with E-state index in [1.165, 1.54) is 5.56 Å². The molecule has 0 aliphatic carbocycles. The van der Waals surface area contributed by atoms with E-state index in [1.54, 1.807) is 0 Å². The first-order chi connectivity index (χ1) is 9.99. The largest absolute Gasteiger partial charge is 0.354 e. The minimum absolute atomic E-state index is 0.614. The highest BCUT2D eigenvalue weighted by Crippen LogP contribution is 2.27. The summed E-state index contributed by atoms with van der Waals surface area (Å²) in [5.74, 6) is 2.51. The third-order valence-electron chi connectivity index (χ3n) is 4.27. The summed E-state index contributed by atoms with van der Waals surface area (Å²) < 4.78 is 0. The molecule has 1 fully saturated rings. The Bertz CT molecular complexity index is 444. The lowest BCUT2D eigenvalue weighted by Gasteiger charge is -2.23. The van der Waals surface area contributed by atoms with Crippen LogP contribution >= 0.6 is 0 Å². The fraction of sp³-hybridized carbons (Fsp3) is 0.706. The van der Waals surface area contributed by atoms with Crippen LogP contribution in [-0.4, -0.2) is 49.7 Å². The second kappa shape index (κ2) is 7.23. The number of aromatic nitrogens is 1. The summed E-state index contributed by atoms with van der Waals surface area (Å²) in [6, 6.07) is 4.85. The molecule has 1 aliphatic rings. The highest BCUT2D eigenvalue weighted by Gasteiger charge is 2.32. The molecule has 1 aromatic heterocycles. The molecule has 1 aliphatic heterocycles. The normalized spacial score (nSPS) is 22.5. The van der Waals surface area contributed by atoms with E-state index in [0.717, 1.165) is 32.0 Å². The lowest BCUT2D eigenvalue weighted by molar-refractivity contribution is 0.266. The Kier molecular flexibility index (Phi) is 5.59. The van der Waals surface area contributed by atoms with Gasteiger partial charge in [-0.05, 0) is 38.5 Å². The smallest absolute Gasteiger partial charge is 0.133 e. The van der Waals surface area contributed by atoms with Crippen molar-refractivity contribution in [3.05, 3.63) is 23.9 Å². The van der Waals surface area contributed by atoms with Crippen molar-refractivity contribution in [1.82, 2.24) is 15.2 Å². The van der Waals surface area contributed by atoms with Gasteiger partial charge in [0.25, 0.3) is 0 Å². The quantitative estimate of drug-likeness (QED) is 0.870. The van der Waals surface area contributed by atoms with Crippen LogP contribution in [0.4, 0.5) is 5.82 Å². The molecular weight excluding hydrogens is 260 g/mol. The van der Waals surface area contributed by atoms with E-state index in [4.69, 9.17) is 0 Å². The first-order valence-corrected chi connectivity index (χ1v) is 8.05. The average molecular weight is 290 g/mol. The molecule has 2 rings (SSSR count). The van der Waals surface area contributed by atoms with Crippen molar-refractivity contribution in [3.8, 4) is 0 Å². The third kappa shape index (κ3) is 4.17. The van der Waals surface area contributed by atoms with Gasteiger partial charge >= 0.3 is 0 Å². The maximum atomic E-state index is 4.65. The molecule has 118 valence electrons. The summed E-state index contributed by atoms with van der Waals surface area (Å²) in [4.78, 5) is 9.44. The van der Waals surface area contributed by atoms with Crippen LogP contribution in [0.25, 0.3) is 0 Å². The zero-order valence-electron chi connectivity index (χ0n) is 14.1. The molecule has 0 radical (unpaired) electrons. The minimum Gasteiger partial charge on any atom is -0.354 e. The zero-order chi connectivity index (χ0) is 15.4. The minimum atomic E-state index is 0.614. The molecule has 2 heterocycles. The van der Waals surface area contributed by atoms with Gasteiger partial charge in [0.2, 0.25) is 0 Å². The molecule has 0 saturated carbocycles. The highest BCUT2D eigenvalue weighted by molar-refractivity contribution is 5.48. The summed E-state index contributed by atoms with van der Waals surface area (Å²) in [7, 11) is 4.35. The van der Waals surface area contributed by atoms with Gasteiger partial charge in [0.05, 0.1) is 0 Å². The highest BCUT2D eigenvalue weighted by atomic mass is 15.3. The first kappa shape index (κ1) is 16.2. The maximum absolute atomic E-state index is 4.65. The third-order valence-corrected chi connectivity index (χ3v) is 4.27. The molecule has 2 unspecified atom stereocenters. The Morgan fingerprint density at radius 1 is 1.38 bits per heavy atom. The van der Waals surface area contributed by atoms with Gasteiger partial charge in [0.15, 0.2) is 0 Å². The lowest BCUT2D eigenvalue weighted by atomic mass is 10.1. The molecule has 0 spiro atoms. The van der Waals surface area contributed by atoms with Gasteiger partial charge < -0.3 is 15.1 Å². The Morgan fingerprint density at radius 3 is 2.76 bits per heavy atom. The van der Waals surface area contributed by atoms with E-state index < -0.39 is 0 Å². The van der Waals surface area contributed by atoms with Crippen molar-refractivity contribution in [1.29, 1.82) is 0 Å². The van der Waals surface area contributed by atoms with Crippen molar-refractivity contribution >= 4 is 5.82 Å². The monoisotopic (exact) mass is 290 g/mol. The van der Waals surface area contributed by atoms with E-state index in [-0.39, 0.29) is 0 Å². The molecular formula is C17H30N4. The SMILES string of the molecule is CC(C)CNCc1cccnc1N1CC(C)C(N(C)C)C1. The number of anilines is 1. The average Bonchev–Trinajstić information content (AvgIpc) is 2.81. The van der Waals surface area contributed by atoms with Crippen LogP contribution in [0.3, 0.4) is 0 Å². The van der Waals surface area contributed by atoms with E-state index in [9.17, 15) is 0 Å². The van der Waals surface area contributed by atoms with Gasteiger partial charge in [-0.1, -0.05) is 26.8 Å². The van der Waals surface area contributed by atoms with Gasteiger partial charge in [-0.3, -0.25) is 0 Å². The molecule has 0 bridgehead atoms. The lowest BCUT2D eigenvalue weighted by Crippen LogP contribution is -2.34. The van der Waals surface area contributed by atoms with E-state index >= 15 is 0 Å². The topological polar surface area (TPSA) is 31.4 Å². The van der Waals surface area contributed by atoms with Crippen LogP contribution in [0, 0.1) is 11.8 Å². The van der Waals surface area contributed by atoms with E-state index in [0.29, 0.717) is 17.9 Å². The molecule has 2 atom stereocenters. The van der Waals surface area contributed by atoms with Gasteiger partial charge in [0, 0.05) is 37.4 Å². The molecule has 4 nitrogen and oxygen atoms in total. The first-order valence-electron chi connectivity index (χ1n) is 8.05. The number of pyridine rings is 1. The second-order valence-electron chi connectivity index (χ2n) is 6.92. The summed E-state index contributed by atoms with van der Waals surface area (Å²) in [6.45, 7) is 10.9. The van der Waals surface area contributed by atoms with Gasteiger partial charge in [0.1, 0.15) is 5.82 Å². The van der Waals surface area contributed by atoms with Crippen molar-refractivity contribution in [3.63, 3.8) is 0 Å². The molecule has 21 heavy (non-hydrogen) atoms. The number of nitrogens with zero attached hydrogens (tertiary/aromatic N) is 3. The van der Waals surface area contributed by atoms with Crippen molar-refractivity contribution in [2.45, 2.75) is 33.4 Å². The molecule has 1 saturated heterocycles. The van der Waals surface area contributed by atoms with Crippen LogP contribution in [0.15, 0.2) is 18.3 Å². The van der Waals surface area contributed by atoms with Crippen molar-refractivity contribution in [2.75, 3.05) is 38.6 Å². The van der Waals surface area contributed by atoms with Gasteiger partial charge in [-0.25, -0.2) is 4.98 Å². The van der Waals surface area contributed by atoms with Crippen LogP contribution in [0.1, 0.15) is 26.3 Å². The molecule has 0 aromatic carbocycles.